The lowest BCUT2D eigenvalue weighted by atomic mass is 10.2. The third kappa shape index (κ3) is 4.51. The van der Waals surface area contributed by atoms with Crippen molar-refractivity contribution in [2.45, 2.75) is 44.5 Å². The van der Waals surface area contributed by atoms with E-state index < -0.39 is 14.6 Å². The maximum atomic E-state index is 11.2. The lowest BCUT2D eigenvalue weighted by Crippen LogP contribution is -2.67. The van der Waals surface area contributed by atoms with Gasteiger partial charge in [-0.2, -0.15) is 0 Å². The first-order valence-electron chi connectivity index (χ1n) is 9.52. The fourth-order valence-electron chi connectivity index (χ4n) is 3.72. The van der Waals surface area contributed by atoms with Crippen LogP contribution in [0.4, 0.5) is 0 Å². The van der Waals surface area contributed by atoms with Crippen molar-refractivity contribution in [3.8, 4) is 0 Å². The molecule has 150 valence electrons. The zero-order valence-corrected chi connectivity index (χ0v) is 18.7. The number of esters is 1. The van der Waals surface area contributed by atoms with Gasteiger partial charge in [-0.15, -0.1) is 11.8 Å². The molecule has 1 heterocycles. The number of ether oxygens (including phenoxy) is 2. The minimum absolute atomic E-state index is 0.0751. The van der Waals surface area contributed by atoms with Gasteiger partial charge < -0.3 is 13.9 Å². The Bertz CT molecular complexity index is 737. The largest absolute Gasteiger partial charge is 0.435 e. The second-order valence-corrected chi connectivity index (χ2v) is 13.4. The van der Waals surface area contributed by atoms with Crippen LogP contribution in [0, 0.1) is 0 Å². The molecule has 0 aromatic heterocycles. The first-order chi connectivity index (χ1) is 13.3. The van der Waals surface area contributed by atoms with Crippen LogP contribution in [-0.4, -0.2) is 38.4 Å². The van der Waals surface area contributed by atoms with Crippen LogP contribution < -0.4 is 10.4 Å². The Kier molecular flexibility index (Phi) is 6.65. The number of rotatable bonds is 6. The Morgan fingerprint density at radius 2 is 1.61 bits per heavy atom. The van der Waals surface area contributed by atoms with Crippen LogP contribution in [0.25, 0.3) is 0 Å². The molecule has 4 nitrogen and oxygen atoms in total. The van der Waals surface area contributed by atoms with Gasteiger partial charge in [0.2, 0.25) is 6.29 Å². The zero-order valence-electron chi connectivity index (χ0n) is 16.9. The molecule has 2 atom stereocenters. The number of benzene rings is 2. The van der Waals surface area contributed by atoms with Crippen LogP contribution in [0.3, 0.4) is 0 Å². The van der Waals surface area contributed by atoms with Crippen LogP contribution in [0.1, 0.15) is 27.7 Å². The van der Waals surface area contributed by atoms with Crippen molar-refractivity contribution in [1.29, 1.82) is 0 Å². The Labute approximate surface area is 172 Å². The number of thioether (sulfide) groups is 1. The summed E-state index contributed by atoms with van der Waals surface area (Å²) in [6.07, 6.45) is -0.491. The van der Waals surface area contributed by atoms with E-state index in [2.05, 4.69) is 69.3 Å². The molecule has 2 aromatic rings. The molecule has 6 heteroatoms. The van der Waals surface area contributed by atoms with E-state index in [4.69, 9.17) is 13.9 Å². The second-order valence-electron chi connectivity index (χ2n) is 7.91. The summed E-state index contributed by atoms with van der Waals surface area (Å²) in [5.74, 6) is 0.313. The van der Waals surface area contributed by atoms with Gasteiger partial charge in [0.15, 0.2) is 0 Å². The van der Waals surface area contributed by atoms with Crippen molar-refractivity contribution in [1.82, 2.24) is 0 Å². The molecule has 2 aromatic carbocycles. The summed E-state index contributed by atoms with van der Waals surface area (Å²) < 4.78 is 17.9. The first-order valence-corrected chi connectivity index (χ1v) is 12.5. The fourth-order valence-corrected chi connectivity index (χ4v) is 9.29. The van der Waals surface area contributed by atoms with Crippen LogP contribution in [0.2, 0.25) is 5.04 Å². The van der Waals surface area contributed by atoms with E-state index in [9.17, 15) is 4.79 Å². The quantitative estimate of drug-likeness (QED) is 0.532. The Hall–Kier alpha value is -1.60. The van der Waals surface area contributed by atoms with E-state index in [1.165, 1.54) is 17.3 Å². The highest BCUT2D eigenvalue weighted by Gasteiger charge is 2.50. The topological polar surface area (TPSA) is 44.8 Å². The van der Waals surface area contributed by atoms with Gasteiger partial charge in [0, 0.05) is 6.92 Å². The van der Waals surface area contributed by atoms with E-state index in [1.807, 2.05) is 12.1 Å². The molecule has 1 aliphatic rings. The normalized spacial score (nSPS) is 20.1. The van der Waals surface area contributed by atoms with E-state index >= 15 is 0 Å². The van der Waals surface area contributed by atoms with Crippen molar-refractivity contribution < 1.29 is 18.7 Å². The molecule has 0 radical (unpaired) electrons. The van der Waals surface area contributed by atoms with E-state index in [0.29, 0.717) is 12.4 Å². The van der Waals surface area contributed by atoms with Crippen molar-refractivity contribution in [3.05, 3.63) is 60.7 Å². The van der Waals surface area contributed by atoms with E-state index in [0.717, 1.165) is 0 Å². The number of hydrogen-bond acceptors (Lipinski definition) is 5. The van der Waals surface area contributed by atoms with Crippen LogP contribution in [-0.2, 0) is 18.7 Å². The van der Waals surface area contributed by atoms with Gasteiger partial charge in [-0.05, 0) is 15.4 Å². The van der Waals surface area contributed by atoms with Crippen molar-refractivity contribution >= 4 is 36.4 Å². The lowest BCUT2D eigenvalue weighted by Gasteiger charge is -2.43. The minimum atomic E-state index is -2.57. The van der Waals surface area contributed by atoms with Crippen LogP contribution in [0.15, 0.2) is 60.7 Å². The number of carbonyl (C=O) groups excluding carboxylic acids is 1. The molecule has 1 saturated heterocycles. The molecule has 3 rings (SSSR count). The average Bonchev–Trinajstić information content (AvgIpc) is 3.09. The highest BCUT2D eigenvalue weighted by Crippen LogP contribution is 2.38. The van der Waals surface area contributed by atoms with Crippen LogP contribution in [0.5, 0.6) is 0 Å². The third-order valence-corrected chi connectivity index (χ3v) is 11.0. The predicted molar refractivity (Wildman–Crippen MR) is 116 cm³/mol. The third-order valence-electron chi connectivity index (χ3n) is 4.87. The van der Waals surface area contributed by atoms with E-state index in [-0.39, 0.29) is 16.4 Å². The molecule has 0 spiro atoms. The molecule has 1 unspecified atom stereocenters. The molecule has 0 aliphatic carbocycles. The molecule has 28 heavy (non-hydrogen) atoms. The molecular weight excluding hydrogens is 388 g/mol. The lowest BCUT2D eigenvalue weighted by molar-refractivity contribution is -0.171. The summed E-state index contributed by atoms with van der Waals surface area (Å²) in [6, 6.07) is 21.1. The van der Waals surface area contributed by atoms with Crippen molar-refractivity contribution in [2.24, 2.45) is 0 Å². The Balaban J connectivity index is 1.90. The smallest absolute Gasteiger partial charge is 0.304 e. The summed E-state index contributed by atoms with van der Waals surface area (Å²) in [5, 5.41) is 2.41. The first kappa shape index (κ1) is 21.1. The second kappa shape index (κ2) is 8.82. The van der Waals surface area contributed by atoms with Gasteiger partial charge in [-0.1, -0.05) is 81.4 Å². The molecular formula is C22H28O4SSi. The summed E-state index contributed by atoms with van der Waals surface area (Å²) in [5.41, 5.74) is -0.147. The zero-order chi connectivity index (χ0) is 20.2. The summed E-state index contributed by atoms with van der Waals surface area (Å²) in [6.45, 7) is 8.62. The SMILES string of the molecule is CC(=O)OC1CS[C@@H](CO[Si](c2ccccc2)(c2ccccc2)C(C)(C)C)O1. The Morgan fingerprint density at radius 1 is 1.07 bits per heavy atom. The van der Waals surface area contributed by atoms with Crippen LogP contribution >= 0.6 is 11.8 Å². The summed E-state index contributed by atoms with van der Waals surface area (Å²) in [4.78, 5) is 11.2. The van der Waals surface area contributed by atoms with Gasteiger partial charge in [-0.25, -0.2) is 0 Å². The predicted octanol–water partition coefficient (Wildman–Crippen LogP) is 3.54. The molecule has 0 amide bonds. The monoisotopic (exact) mass is 416 g/mol. The summed E-state index contributed by atoms with van der Waals surface area (Å²) >= 11 is 1.63. The number of carbonyl (C=O) groups is 1. The van der Waals surface area contributed by atoms with Gasteiger partial charge in [-0.3, -0.25) is 4.79 Å². The maximum absolute atomic E-state index is 11.2. The van der Waals surface area contributed by atoms with E-state index in [1.54, 1.807) is 11.8 Å². The molecule has 1 fully saturated rings. The molecule has 1 aliphatic heterocycles. The molecule has 0 bridgehead atoms. The standard InChI is InChI=1S/C22H28O4SSi/c1-17(23)25-20-16-27-21(26-20)15-24-28(22(2,3)4,18-11-7-5-8-12-18)19-13-9-6-10-14-19/h5-14,20-21H,15-16H2,1-4H3/t20?,21-/m0/s1. The van der Waals surface area contributed by atoms with Gasteiger partial charge in [0.25, 0.3) is 8.32 Å². The van der Waals surface area contributed by atoms with Crippen molar-refractivity contribution in [2.75, 3.05) is 12.4 Å². The fraction of sp³-hybridized carbons (Fsp3) is 0.409. The highest BCUT2D eigenvalue weighted by atomic mass is 32.2. The van der Waals surface area contributed by atoms with Gasteiger partial charge >= 0.3 is 5.97 Å². The summed E-state index contributed by atoms with van der Waals surface area (Å²) in [7, 11) is -2.57. The van der Waals surface area contributed by atoms with Gasteiger partial charge in [0.1, 0.15) is 5.44 Å². The average molecular weight is 417 g/mol. The molecule has 0 N–H and O–H groups in total. The number of hydrogen-bond donors (Lipinski definition) is 0. The highest BCUT2D eigenvalue weighted by molar-refractivity contribution is 8.00. The molecule has 0 saturated carbocycles. The van der Waals surface area contributed by atoms with Gasteiger partial charge in [0.05, 0.1) is 12.4 Å². The minimum Gasteiger partial charge on any atom is -0.435 e. The maximum Gasteiger partial charge on any atom is 0.304 e. The van der Waals surface area contributed by atoms with Crippen molar-refractivity contribution in [3.63, 3.8) is 0 Å². The Morgan fingerprint density at radius 3 is 2.07 bits per heavy atom.